The Hall–Kier alpha value is -1.83. The van der Waals surface area contributed by atoms with E-state index in [4.69, 9.17) is 0 Å². The van der Waals surface area contributed by atoms with E-state index in [1.165, 1.54) is 12.0 Å². The van der Waals surface area contributed by atoms with E-state index in [9.17, 15) is 4.79 Å². The van der Waals surface area contributed by atoms with Gasteiger partial charge in [-0.2, -0.15) is 0 Å². The molecule has 0 bridgehead atoms. The summed E-state index contributed by atoms with van der Waals surface area (Å²) >= 11 is 0. The van der Waals surface area contributed by atoms with Gasteiger partial charge in [-0.15, -0.1) is 0 Å². The monoisotopic (exact) mass is 239 g/mol. The molecule has 1 unspecified atom stereocenters. The molecule has 1 aromatic heterocycles. The van der Waals surface area contributed by atoms with Gasteiger partial charge in [-0.3, -0.25) is 4.79 Å². The summed E-state index contributed by atoms with van der Waals surface area (Å²) in [5.74, 6) is 0.715. The minimum atomic E-state index is 0.0366. The number of H-pyrrole nitrogens is 1. The van der Waals surface area contributed by atoms with Crippen molar-refractivity contribution in [3.05, 3.63) is 58.0 Å². The van der Waals surface area contributed by atoms with E-state index in [1.54, 1.807) is 0 Å². The van der Waals surface area contributed by atoms with Crippen molar-refractivity contribution in [2.24, 2.45) is 5.92 Å². The number of aryl methyl sites for hydroxylation is 1. The second-order valence-corrected chi connectivity index (χ2v) is 5.23. The summed E-state index contributed by atoms with van der Waals surface area (Å²) in [6.07, 6.45) is 3.25. The predicted molar refractivity (Wildman–Crippen MR) is 73.7 cm³/mol. The fourth-order valence-electron chi connectivity index (χ4n) is 2.72. The van der Waals surface area contributed by atoms with E-state index in [2.05, 4.69) is 18.0 Å². The number of pyridine rings is 1. The van der Waals surface area contributed by atoms with Crippen molar-refractivity contribution in [1.29, 1.82) is 0 Å². The van der Waals surface area contributed by atoms with Crippen LogP contribution in [0.25, 0.3) is 11.1 Å². The Balaban J connectivity index is 2.12. The number of nitrogens with one attached hydrogen (secondary N) is 1. The highest BCUT2D eigenvalue weighted by Crippen LogP contribution is 2.25. The molecule has 0 amide bonds. The molecular weight excluding hydrogens is 222 g/mol. The second kappa shape index (κ2) is 4.45. The third-order valence-electron chi connectivity index (χ3n) is 3.76. The first-order valence-corrected chi connectivity index (χ1v) is 6.54. The zero-order valence-corrected chi connectivity index (χ0v) is 10.6. The quantitative estimate of drug-likeness (QED) is 0.814. The largest absolute Gasteiger partial charge is 0.325 e. The summed E-state index contributed by atoms with van der Waals surface area (Å²) in [4.78, 5) is 15.2. The topological polar surface area (TPSA) is 32.9 Å². The number of hydrogen-bond acceptors (Lipinski definition) is 1. The molecule has 0 fully saturated rings. The van der Waals surface area contributed by atoms with E-state index in [0.717, 1.165) is 29.7 Å². The fourth-order valence-corrected chi connectivity index (χ4v) is 2.72. The van der Waals surface area contributed by atoms with Crippen molar-refractivity contribution in [1.82, 2.24) is 4.98 Å². The molecule has 1 heterocycles. The highest BCUT2D eigenvalue weighted by molar-refractivity contribution is 5.63. The smallest absolute Gasteiger partial charge is 0.256 e. The van der Waals surface area contributed by atoms with Gasteiger partial charge in [0, 0.05) is 11.3 Å². The lowest BCUT2D eigenvalue weighted by Crippen LogP contribution is -2.19. The summed E-state index contributed by atoms with van der Waals surface area (Å²) in [5, 5.41) is 0. The Kier molecular flexibility index (Phi) is 2.78. The van der Waals surface area contributed by atoms with Crippen LogP contribution < -0.4 is 5.56 Å². The first-order chi connectivity index (χ1) is 8.74. The Bertz CT molecular complexity index is 613. The van der Waals surface area contributed by atoms with E-state index >= 15 is 0 Å². The van der Waals surface area contributed by atoms with Gasteiger partial charge in [0.05, 0.1) is 0 Å². The Labute approximate surface area is 107 Å². The van der Waals surface area contributed by atoms with Crippen LogP contribution in [-0.4, -0.2) is 4.98 Å². The number of aromatic nitrogens is 1. The van der Waals surface area contributed by atoms with Gasteiger partial charge in [-0.1, -0.05) is 37.3 Å². The van der Waals surface area contributed by atoms with Crippen LogP contribution in [0.15, 0.2) is 41.2 Å². The molecule has 1 N–H and O–H groups in total. The van der Waals surface area contributed by atoms with Crippen LogP contribution in [0.1, 0.15) is 24.6 Å². The molecule has 0 saturated carbocycles. The van der Waals surface area contributed by atoms with E-state index in [0.29, 0.717) is 5.92 Å². The molecule has 0 spiro atoms. The SMILES string of the molecule is CC1CCc2[nH]c(=O)c(-c3ccccc3)cc2C1. The number of benzene rings is 1. The summed E-state index contributed by atoms with van der Waals surface area (Å²) < 4.78 is 0. The van der Waals surface area contributed by atoms with Crippen molar-refractivity contribution in [2.75, 3.05) is 0 Å². The van der Waals surface area contributed by atoms with E-state index < -0.39 is 0 Å². The van der Waals surface area contributed by atoms with Gasteiger partial charge in [-0.05, 0) is 42.4 Å². The van der Waals surface area contributed by atoms with Gasteiger partial charge in [0.15, 0.2) is 0 Å². The molecule has 2 aromatic rings. The Morgan fingerprint density at radius 2 is 2.00 bits per heavy atom. The normalized spacial score (nSPS) is 18.4. The van der Waals surface area contributed by atoms with Crippen molar-refractivity contribution in [2.45, 2.75) is 26.2 Å². The lowest BCUT2D eigenvalue weighted by molar-refractivity contribution is 0.493. The first kappa shape index (κ1) is 11.3. The maximum absolute atomic E-state index is 12.1. The molecule has 1 aliphatic carbocycles. The number of rotatable bonds is 1. The molecule has 2 nitrogen and oxygen atoms in total. The number of fused-ring (bicyclic) bond motifs is 1. The van der Waals surface area contributed by atoms with Gasteiger partial charge >= 0.3 is 0 Å². The molecular formula is C16H17NO. The average molecular weight is 239 g/mol. The molecule has 1 aliphatic rings. The maximum Gasteiger partial charge on any atom is 0.256 e. The van der Waals surface area contributed by atoms with Crippen molar-refractivity contribution in [3.8, 4) is 11.1 Å². The molecule has 0 radical (unpaired) electrons. The van der Waals surface area contributed by atoms with Gasteiger partial charge in [0.2, 0.25) is 0 Å². The molecule has 1 atom stereocenters. The highest BCUT2D eigenvalue weighted by atomic mass is 16.1. The fraction of sp³-hybridized carbons (Fsp3) is 0.312. The lowest BCUT2D eigenvalue weighted by Gasteiger charge is -2.21. The molecule has 1 aromatic carbocycles. The number of aromatic amines is 1. The summed E-state index contributed by atoms with van der Waals surface area (Å²) in [5.41, 5.74) is 4.28. The average Bonchev–Trinajstić information content (AvgIpc) is 2.39. The summed E-state index contributed by atoms with van der Waals surface area (Å²) in [6, 6.07) is 12.0. The second-order valence-electron chi connectivity index (χ2n) is 5.23. The van der Waals surface area contributed by atoms with Crippen molar-refractivity contribution >= 4 is 0 Å². The highest BCUT2D eigenvalue weighted by Gasteiger charge is 2.17. The Morgan fingerprint density at radius 1 is 1.22 bits per heavy atom. The first-order valence-electron chi connectivity index (χ1n) is 6.54. The molecule has 0 saturated heterocycles. The van der Waals surface area contributed by atoms with Gasteiger partial charge in [-0.25, -0.2) is 0 Å². The van der Waals surface area contributed by atoms with Crippen molar-refractivity contribution < 1.29 is 0 Å². The van der Waals surface area contributed by atoms with Gasteiger partial charge in [0.1, 0.15) is 0 Å². The lowest BCUT2D eigenvalue weighted by atomic mass is 9.87. The van der Waals surface area contributed by atoms with E-state index in [-0.39, 0.29) is 5.56 Å². The maximum atomic E-state index is 12.1. The molecule has 18 heavy (non-hydrogen) atoms. The molecule has 92 valence electrons. The van der Waals surface area contributed by atoms with Crippen LogP contribution in [0.5, 0.6) is 0 Å². The van der Waals surface area contributed by atoms with Gasteiger partial charge < -0.3 is 4.98 Å². The van der Waals surface area contributed by atoms with Crippen LogP contribution in [-0.2, 0) is 12.8 Å². The van der Waals surface area contributed by atoms with Crippen molar-refractivity contribution in [3.63, 3.8) is 0 Å². The summed E-state index contributed by atoms with van der Waals surface area (Å²) in [6.45, 7) is 2.27. The number of hydrogen-bond donors (Lipinski definition) is 1. The third kappa shape index (κ3) is 1.99. The van der Waals surface area contributed by atoms with Crippen LogP contribution in [0, 0.1) is 5.92 Å². The van der Waals surface area contributed by atoms with Crippen LogP contribution >= 0.6 is 0 Å². The molecule has 2 heteroatoms. The summed E-state index contributed by atoms with van der Waals surface area (Å²) in [7, 11) is 0. The van der Waals surface area contributed by atoms with Gasteiger partial charge in [0.25, 0.3) is 5.56 Å². The van der Waals surface area contributed by atoms with Crippen LogP contribution in [0.4, 0.5) is 0 Å². The minimum absolute atomic E-state index is 0.0366. The standard InChI is InChI=1S/C16H17NO/c1-11-7-8-15-13(9-11)10-14(16(18)17-15)12-5-3-2-4-6-12/h2-6,10-11H,7-9H2,1H3,(H,17,18). The predicted octanol–water partition coefficient (Wildman–Crippen LogP) is 3.17. The van der Waals surface area contributed by atoms with E-state index in [1.807, 2.05) is 30.3 Å². The van der Waals surface area contributed by atoms with Crippen LogP contribution in [0.3, 0.4) is 0 Å². The zero-order chi connectivity index (χ0) is 12.5. The van der Waals surface area contributed by atoms with Crippen LogP contribution in [0.2, 0.25) is 0 Å². The zero-order valence-electron chi connectivity index (χ0n) is 10.6. The molecule has 3 rings (SSSR count). The third-order valence-corrected chi connectivity index (χ3v) is 3.76. The Morgan fingerprint density at radius 3 is 2.78 bits per heavy atom. The minimum Gasteiger partial charge on any atom is -0.325 e. The molecule has 0 aliphatic heterocycles.